The Balaban J connectivity index is 2.29. The van der Waals surface area contributed by atoms with Crippen LogP contribution in [0.2, 0.25) is 0 Å². The van der Waals surface area contributed by atoms with Crippen LogP contribution < -0.4 is 0 Å². The molecule has 6 N–H and O–H groups in total. The molecule has 0 unspecified atom stereocenters. The molecule has 29 heavy (non-hydrogen) atoms. The molecule has 0 bridgehead atoms. The van der Waals surface area contributed by atoms with Gasteiger partial charge in [0, 0.05) is 6.61 Å². The Morgan fingerprint density at radius 1 is 0.862 bits per heavy atom. The van der Waals surface area contributed by atoms with Crippen LogP contribution in [0.3, 0.4) is 0 Å². The van der Waals surface area contributed by atoms with Crippen LogP contribution in [0.1, 0.15) is 18.1 Å². The average molecular weight is 402 g/mol. The lowest BCUT2D eigenvalue weighted by molar-refractivity contribution is -0.307. The van der Waals surface area contributed by atoms with Gasteiger partial charge in [0.25, 0.3) is 0 Å². The molecular weight excluding hydrogens is 376 g/mol. The monoisotopic (exact) mass is 402 g/mol. The molecule has 0 aromatic heterocycles. The Bertz CT molecular complexity index is 820. The Morgan fingerprint density at radius 3 is 1.76 bits per heavy atom. The van der Waals surface area contributed by atoms with Crippen molar-refractivity contribution >= 4 is 12.2 Å². The first-order chi connectivity index (χ1) is 13.8. The topological polar surface area (TPSA) is 131 Å². The minimum Gasteiger partial charge on any atom is -0.509 e. The van der Waals surface area contributed by atoms with Crippen LogP contribution in [-0.4, -0.2) is 61.3 Å². The molecule has 0 heterocycles. The van der Waals surface area contributed by atoms with Gasteiger partial charge in [0.05, 0.1) is 0 Å². The molecule has 0 spiro atoms. The maximum atomic E-state index is 10.8. The van der Waals surface area contributed by atoms with Crippen molar-refractivity contribution in [2.24, 2.45) is 0 Å². The van der Waals surface area contributed by atoms with Crippen LogP contribution in [-0.2, 0) is 4.74 Å². The largest absolute Gasteiger partial charge is 0.509 e. The summed E-state index contributed by atoms with van der Waals surface area (Å²) in [5.41, 5.74) is 1.08. The molecule has 2 aromatic rings. The van der Waals surface area contributed by atoms with E-state index >= 15 is 0 Å². The summed E-state index contributed by atoms with van der Waals surface area (Å²) in [5.74, 6) is -4.13. The van der Waals surface area contributed by atoms with Crippen LogP contribution in [0.5, 0.6) is 0 Å². The molecule has 7 heteroatoms. The van der Waals surface area contributed by atoms with Gasteiger partial charge < -0.3 is 35.4 Å². The normalized spacial score (nSPS) is 18.0. The van der Waals surface area contributed by atoms with Crippen molar-refractivity contribution in [1.29, 1.82) is 0 Å². The summed E-state index contributed by atoms with van der Waals surface area (Å²) in [6.45, 7) is 1.34. The number of benzene rings is 2. The molecule has 0 radical (unpaired) electrons. The summed E-state index contributed by atoms with van der Waals surface area (Å²) < 4.78 is 5.09. The molecule has 7 nitrogen and oxygen atoms in total. The van der Waals surface area contributed by atoms with Gasteiger partial charge in [0.15, 0.2) is 6.10 Å². The molecule has 0 aliphatic rings. The van der Waals surface area contributed by atoms with E-state index in [-0.39, 0.29) is 6.61 Å². The van der Waals surface area contributed by atoms with E-state index in [1.54, 1.807) is 60.7 Å². The lowest BCUT2D eigenvalue weighted by Gasteiger charge is -2.37. The molecule has 0 aliphatic carbocycles. The van der Waals surface area contributed by atoms with E-state index < -0.39 is 35.6 Å². The molecular formula is C22H26O7. The molecule has 0 saturated heterocycles. The number of aliphatic hydroxyl groups excluding tert-OH is 5. The van der Waals surface area contributed by atoms with Gasteiger partial charge in [-0.3, -0.25) is 0 Å². The fraction of sp³-hybridized carbons (Fsp3) is 0.273. The molecule has 156 valence electrons. The van der Waals surface area contributed by atoms with Crippen molar-refractivity contribution in [1.82, 2.24) is 0 Å². The van der Waals surface area contributed by atoms with E-state index in [1.165, 1.54) is 19.1 Å². The number of hydrogen-bond acceptors (Lipinski definition) is 7. The highest BCUT2D eigenvalue weighted by Gasteiger charge is 2.50. The average Bonchev–Trinajstić information content (AvgIpc) is 2.73. The summed E-state index contributed by atoms with van der Waals surface area (Å²) in [4.78, 5) is 0. The standard InChI is InChI=1S/C22H26O7/c1-2-29-22(28,20(26)18(24)14-16-11-7-4-8-12-16)21(27)19(25)17(23)13-15-9-5-3-6-10-15/h3-14,19-21,23-28H,2H2,1H3/t19-,20+,21-,22+/m1/s1. The smallest absolute Gasteiger partial charge is 0.229 e. The van der Waals surface area contributed by atoms with Crippen LogP contribution in [0.4, 0.5) is 0 Å². The van der Waals surface area contributed by atoms with Crippen molar-refractivity contribution in [2.75, 3.05) is 6.61 Å². The zero-order chi connectivity index (χ0) is 21.4. The first kappa shape index (κ1) is 22.6. The summed E-state index contributed by atoms with van der Waals surface area (Å²) in [5, 5.41) is 62.4. The van der Waals surface area contributed by atoms with E-state index in [0.29, 0.717) is 11.1 Å². The van der Waals surface area contributed by atoms with Crippen molar-refractivity contribution in [3.63, 3.8) is 0 Å². The Hall–Kier alpha value is -2.68. The van der Waals surface area contributed by atoms with E-state index in [0.717, 1.165) is 0 Å². The minimum atomic E-state index is -2.79. The first-order valence-electron chi connectivity index (χ1n) is 9.11. The third kappa shape index (κ3) is 5.66. The predicted molar refractivity (Wildman–Crippen MR) is 109 cm³/mol. The maximum absolute atomic E-state index is 10.8. The van der Waals surface area contributed by atoms with Gasteiger partial charge in [-0.15, -0.1) is 0 Å². The predicted octanol–water partition coefficient (Wildman–Crippen LogP) is 1.99. The van der Waals surface area contributed by atoms with E-state index in [9.17, 15) is 30.6 Å². The van der Waals surface area contributed by atoms with E-state index in [4.69, 9.17) is 4.74 Å². The van der Waals surface area contributed by atoms with Crippen LogP contribution in [0.25, 0.3) is 12.2 Å². The summed E-state index contributed by atoms with van der Waals surface area (Å²) in [7, 11) is 0. The zero-order valence-corrected chi connectivity index (χ0v) is 16.0. The highest BCUT2D eigenvalue weighted by atomic mass is 16.7. The summed E-state index contributed by atoms with van der Waals surface area (Å²) >= 11 is 0. The number of hydrogen-bond donors (Lipinski definition) is 6. The van der Waals surface area contributed by atoms with Gasteiger partial charge in [-0.25, -0.2) is 0 Å². The molecule has 0 fully saturated rings. The van der Waals surface area contributed by atoms with Crippen molar-refractivity contribution in [3.8, 4) is 0 Å². The minimum absolute atomic E-state index is 0.154. The molecule has 2 rings (SSSR count). The third-order valence-corrected chi connectivity index (χ3v) is 4.30. The van der Waals surface area contributed by atoms with Gasteiger partial charge >= 0.3 is 0 Å². The molecule has 0 aliphatic heterocycles. The quantitative estimate of drug-likeness (QED) is 0.279. The van der Waals surface area contributed by atoms with Crippen molar-refractivity contribution in [3.05, 3.63) is 83.3 Å². The molecule has 2 aromatic carbocycles. The van der Waals surface area contributed by atoms with Gasteiger partial charge in [0.1, 0.15) is 23.7 Å². The Labute approximate surface area is 169 Å². The van der Waals surface area contributed by atoms with E-state index in [2.05, 4.69) is 0 Å². The van der Waals surface area contributed by atoms with E-state index in [1.807, 2.05) is 0 Å². The van der Waals surface area contributed by atoms with Crippen molar-refractivity contribution < 1.29 is 35.4 Å². The summed E-state index contributed by atoms with van der Waals surface area (Å²) in [6.07, 6.45) is -3.88. The molecule has 0 saturated carbocycles. The van der Waals surface area contributed by atoms with Crippen LogP contribution in [0.15, 0.2) is 72.2 Å². The lowest BCUT2D eigenvalue weighted by Crippen LogP contribution is -2.59. The van der Waals surface area contributed by atoms with Gasteiger partial charge in [-0.2, -0.15) is 0 Å². The first-order valence-corrected chi connectivity index (χ1v) is 9.11. The highest BCUT2D eigenvalue weighted by molar-refractivity contribution is 5.53. The van der Waals surface area contributed by atoms with Crippen LogP contribution >= 0.6 is 0 Å². The Morgan fingerprint density at radius 2 is 1.31 bits per heavy atom. The fourth-order valence-corrected chi connectivity index (χ4v) is 2.76. The second kappa shape index (κ2) is 10.2. The highest BCUT2D eigenvalue weighted by Crippen LogP contribution is 2.27. The number of rotatable bonds is 9. The molecule has 0 amide bonds. The van der Waals surface area contributed by atoms with Crippen LogP contribution in [0, 0.1) is 0 Å². The van der Waals surface area contributed by atoms with Gasteiger partial charge in [-0.1, -0.05) is 60.7 Å². The SMILES string of the molecule is CCO[C@](O)([C@H](O)[C@H](O)C(O)=Cc1ccccc1)[C@@H](O)C(O)=Cc1ccccc1. The summed E-state index contributed by atoms with van der Waals surface area (Å²) in [6, 6.07) is 17.0. The van der Waals surface area contributed by atoms with Gasteiger partial charge in [0.2, 0.25) is 5.79 Å². The number of ether oxygens (including phenoxy) is 1. The maximum Gasteiger partial charge on any atom is 0.229 e. The second-order valence-corrected chi connectivity index (χ2v) is 6.44. The van der Waals surface area contributed by atoms with Crippen molar-refractivity contribution in [2.45, 2.75) is 31.0 Å². The second-order valence-electron chi connectivity index (χ2n) is 6.44. The zero-order valence-electron chi connectivity index (χ0n) is 16.0. The Kier molecular flexibility index (Phi) is 7.95. The fourth-order valence-electron chi connectivity index (χ4n) is 2.76. The number of aliphatic hydroxyl groups is 6. The van der Waals surface area contributed by atoms with Gasteiger partial charge in [-0.05, 0) is 30.2 Å². The lowest BCUT2D eigenvalue weighted by atomic mass is 9.94. The molecule has 4 atom stereocenters. The third-order valence-electron chi connectivity index (χ3n) is 4.30.